The predicted octanol–water partition coefficient (Wildman–Crippen LogP) is 5.66. The van der Waals surface area contributed by atoms with Crippen LogP contribution in [0.15, 0.2) is 36.9 Å². The van der Waals surface area contributed by atoms with Crippen LogP contribution in [0.5, 0.6) is 11.5 Å². The molecule has 0 fully saturated rings. The highest BCUT2D eigenvalue weighted by Crippen LogP contribution is 2.35. The molecule has 0 radical (unpaired) electrons. The van der Waals surface area contributed by atoms with Crippen molar-refractivity contribution in [1.29, 1.82) is 0 Å². The lowest BCUT2D eigenvalue weighted by atomic mass is 10.0. The summed E-state index contributed by atoms with van der Waals surface area (Å²) in [5, 5.41) is 5.27. The number of methoxy groups -OCH3 is 2. The molecule has 40 heavy (non-hydrogen) atoms. The van der Waals surface area contributed by atoms with E-state index in [0.717, 1.165) is 35.6 Å². The van der Waals surface area contributed by atoms with Crippen molar-refractivity contribution >= 4 is 19.1 Å². The van der Waals surface area contributed by atoms with Crippen LogP contribution in [0.3, 0.4) is 0 Å². The smallest absolute Gasteiger partial charge is 0.171 e. The van der Waals surface area contributed by atoms with Crippen LogP contribution < -0.4 is 9.47 Å². The highest BCUT2D eigenvalue weighted by atomic mass is 28.3. The summed E-state index contributed by atoms with van der Waals surface area (Å²) in [5.74, 6) is -1.65. The molecule has 0 N–H and O–H groups in total. The van der Waals surface area contributed by atoms with Gasteiger partial charge in [0, 0.05) is 74.4 Å². The molecule has 0 atom stereocenters. The quantitative estimate of drug-likeness (QED) is 0.152. The minimum atomic E-state index is -1.25. The number of hydrogen-bond acceptors (Lipinski definition) is 6. The fourth-order valence-corrected chi connectivity index (χ4v) is 5.16. The Bertz CT molecular complexity index is 1430. The second-order valence-electron chi connectivity index (χ2n) is 11.4. The summed E-state index contributed by atoms with van der Waals surface area (Å²) in [7, 11) is 5.48. The Labute approximate surface area is 235 Å². The van der Waals surface area contributed by atoms with Gasteiger partial charge in [0.15, 0.2) is 23.1 Å². The zero-order valence-electron chi connectivity index (χ0n) is 24.4. The molecular weight excluding hydrogens is 532 g/mol. The average molecular weight is 572 g/mol. The number of ether oxygens (including phenoxy) is 3. The van der Waals surface area contributed by atoms with Gasteiger partial charge in [-0.15, -0.1) is 0 Å². The van der Waals surface area contributed by atoms with Crippen LogP contribution in [0, 0.1) is 11.6 Å². The zero-order chi connectivity index (χ0) is 29.0. The summed E-state index contributed by atoms with van der Waals surface area (Å²) in [6, 6.07) is 4.25. The first-order valence-electron chi connectivity index (χ1n) is 13.3. The van der Waals surface area contributed by atoms with E-state index < -0.39 is 19.7 Å². The Morgan fingerprint density at radius 2 is 1.65 bits per heavy atom. The fraction of sp³-hybridized carbons (Fsp3) is 0.448. The maximum absolute atomic E-state index is 15.3. The second kappa shape index (κ2) is 12.5. The van der Waals surface area contributed by atoms with E-state index in [-0.39, 0.29) is 23.5 Å². The van der Waals surface area contributed by atoms with Gasteiger partial charge in [-0.2, -0.15) is 5.10 Å². The van der Waals surface area contributed by atoms with Crippen LogP contribution in [0.1, 0.15) is 11.1 Å². The molecule has 0 aliphatic carbocycles. The van der Waals surface area contributed by atoms with Crippen molar-refractivity contribution in [3.8, 4) is 22.6 Å². The van der Waals surface area contributed by atoms with Crippen LogP contribution in [0.4, 0.5) is 8.78 Å². The van der Waals surface area contributed by atoms with Crippen LogP contribution >= 0.6 is 0 Å². The van der Waals surface area contributed by atoms with Gasteiger partial charge in [0.25, 0.3) is 0 Å². The number of aromatic nitrogens is 4. The highest BCUT2D eigenvalue weighted by molar-refractivity contribution is 6.76. The molecule has 0 spiro atoms. The summed E-state index contributed by atoms with van der Waals surface area (Å²) in [6.45, 7) is 9.47. The molecule has 0 amide bonds. The molecule has 0 saturated heterocycles. The molecule has 3 heterocycles. The molecule has 0 aliphatic heterocycles. The van der Waals surface area contributed by atoms with Crippen LogP contribution in [-0.2, 0) is 24.4 Å². The first kappa shape index (κ1) is 29.7. The van der Waals surface area contributed by atoms with Crippen LogP contribution in [0.25, 0.3) is 22.2 Å². The predicted molar refractivity (Wildman–Crippen MR) is 156 cm³/mol. The summed E-state index contributed by atoms with van der Waals surface area (Å²) in [5.41, 5.74) is 3.05. The third kappa shape index (κ3) is 6.88. The molecule has 0 aliphatic rings. The SMILES string of the molecule is COc1cc(OC)c(F)c(Cc2cn(COCC[Si](C)(C)C)c3ncc(-c4cnn(CCN(C)C)c4)cc23)c1F. The number of hydrogen-bond donors (Lipinski definition) is 0. The highest BCUT2D eigenvalue weighted by Gasteiger charge is 2.23. The molecule has 8 nitrogen and oxygen atoms in total. The lowest BCUT2D eigenvalue weighted by Crippen LogP contribution is -2.22. The van der Waals surface area contributed by atoms with Crippen molar-refractivity contribution in [3.63, 3.8) is 0 Å². The molecular formula is C29H39F2N5O3Si. The van der Waals surface area contributed by atoms with E-state index in [1.807, 2.05) is 41.8 Å². The third-order valence-electron chi connectivity index (χ3n) is 6.80. The fourth-order valence-electron chi connectivity index (χ4n) is 4.40. The van der Waals surface area contributed by atoms with Crippen molar-refractivity contribution in [3.05, 3.63) is 59.7 Å². The molecule has 11 heteroatoms. The van der Waals surface area contributed by atoms with E-state index >= 15 is 8.78 Å². The minimum absolute atomic E-state index is 0.0170. The Hall–Kier alpha value is -3.28. The number of nitrogens with zero attached hydrogens (tertiary/aromatic N) is 5. The second-order valence-corrected chi connectivity index (χ2v) is 17.0. The van der Waals surface area contributed by atoms with Gasteiger partial charge in [0.1, 0.15) is 12.4 Å². The van der Waals surface area contributed by atoms with Crippen molar-refractivity contribution in [1.82, 2.24) is 24.2 Å². The molecule has 1 aromatic carbocycles. The number of pyridine rings is 1. The lowest BCUT2D eigenvalue weighted by Gasteiger charge is -2.15. The van der Waals surface area contributed by atoms with Gasteiger partial charge < -0.3 is 23.7 Å². The van der Waals surface area contributed by atoms with Gasteiger partial charge in [0.2, 0.25) is 0 Å². The number of benzene rings is 1. The monoisotopic (exact) mass is 571 g/mol. The van der Waals surface area contributed by atoms with E-state index in [1.54, 1.807) is 12.4 Å². The van der Waals surface area contributed by atoms with Crippen molar-refractivity contribution in [2.45, 2.75) is 45.4 Å². The van der Waals surface area contributed by atoms with Gasteiger partial charge in [-0.3, -0.25) is 4.68 Å². The Morgan fingerprint density at radius 1 is 0.950 bits per heavy atom. The summed E-state index contributed by atoms with van der Waals surface area (Å²) in [4.78, 5) is 6.85. The first-order valence-corrected chi connectivity index (χ1v) is 17.0. The van der Waals surface area contributed by atoms with E-state index in [1.165, 1.54) is 20.3 Å². The number of rotatable bonds is 13. The molecule has 0 unspecified atom stereocenters. The van der Waals surface area contributed by atoms with Crippen LogP contribution in [-0.4, -0.2) is 73.8 Å². The molecule has 4 rings (SSSR count). The Morgan fingerprint density at radius 3 is 2.27 bits per heavy atom. The Kier molecular flexibility index (Phi) is 9.27. The maximum Gasteiger partial charge on any atom is 0.171 e. The first-order chi connectivity index (χ1) is 19.0. The van der Waals surface area contributed by atoms with Gasteiger partial charge in [-0.25, -0.2) is 13.8 Å². The van der Waals surface area contributed by atoms with Gasteiger partial charge in [-0.05, 0) is 31.8 Å². The molecule has 0 saturated carbocycles. The summed E-state index contributed by atoms with van der Waals surface area (Å²) < 4.78 is 50.7. The van der Waals surface area contributed by atoms with Gasteiger partial charge in [-0.1, -0.05) is 19.6 Å². The third-order valence-corrected chi connectivity index (χ3v) is 8.50. The van der Waals surface area contributed by atoms with E-state index in [2.05, 4.69) is 29.6 Å². The van der Waals surface area contributed by atoms with E-state index in [0.29, 0.717) is 24.5 Å². The van der Waals surface area contributed by atoms with Crippen molar-refractivity contribution in [2.75, 3.05) is 41.5 Å². The summed E-state index contributed by atoms with van der Waals surface area (Å²) in [6.07, 6.45) is 7.43. The van der Waals surface area contributed by atoms with Crippen LogP contribution in [0.2, 0.25) is 25.7 Å². The van der Waals surface area contributed by atoms with E-state index in [4.69, 9.17) is 19.2 Å². The lowest BCUT2D eigenvalue weighted by molar-refractivity contribution is 0.0898. The zero-order valence-corrected chi connectivity index (χ0v) is 25.4. The van der Waals surface area contributed by atoms with Crippen molar-refractivity contribution < 1.29 is 23.0 Å². The molecule has 0 bridgehead atoms. The standard InChI is InChI=1S/C29H39F2N5O3Si/c1-34(2)8-9-36-18-22(16-33-36)20-12-23-21(13-24-27(30)25(37-3)14-26(38-4)28(24)31)17-35(29(23)32-15-20)19-39-10-11-40(5,6)7/h12,14-18H,8-11,13,19H2,1-7H3. The summed E-state index contributed by atoms with van der Waals surface area (Å²) >= 11 is 0. The normalized spacial score (nSPS) is 12.1. The van der Waals surface area contributed by atoms with E-state index in [9.17, 15) is 0 Å². The minimum Gasteiger partial charge on any atom is -0.494 e. The van der Waals surface area contributed by atoms with Gasteiger partial charge >= 0.3 is 0 Å². The molecule has 3 aromatic heterocycles. The Balaban J connectivity index is 1.73. The van der Waals surface area contributed by atoms with Gasteiger partial charge in [0.05, 0.1) is 27.0 Å². The topological polar surface area (TPSA) is 66.6 Å². The average Bonchev–Trinajstić information content (AvgIpc) is 3.52. The maximum atomic E-state index is 15.3. The molecule has 216 valence electrons. The number of fused-ring (bicyclic) bond motifs is 1. The molecule has 4 aromatic rings. The van der Waals surface area contributed by atoms with Crippen molar-refractivity contribution in [2.24, 2.45) is 0 Å². The number of likely N-dealkylation sites (N-methyl/N-ethyl adjacent to an activating group) is 1. The largest absolute Gasteiger partial charge is 0.494 e. The number of halogens is 2.